The van der Waals surface area contributed by atoms with E-state index in [1.807, 2.05) is 0 Å². The van der Waals surface area contributed by atoms with Crippen LogP contribution in [0.15, 0.2) is 6.07 Å². The van der Waals surface area contributed by atoms with Gasteiger partial charge in [-0.2, -0.15) is 13.2 Å². The molecule has 0 atom stereocenters. The summed E-state index contributed by atoms with van der Waals surface area (Å²) in [5.41, 5.74) is -0.735. The maximum Gasteiger partial charge on any atom is 0.451 e. The molecule has 20 heavy (non-hydrogen) atoms. The van der Waals surface area contributed by atoms with E-state index in [1.54, 1.807) is 27.8 Å². The van der Waals surface area contributed by atoms with Crippen LogP contribution in [0, 0.1) is 0 Å². The zero-order chi connectivity index (χ0) is 15.6. The van der Waals surface area contributed by atoms with Crippen molar-refractivity contribution in [1.29, 1.82) is 0 Å². The van der Waals surface area contributed by atoms with Crippen molar-refractivity contribution in [2.75, 3.05) is 30.4 Å². The van der Waals surface area contributed by atoms with E-state index < -0.39 is 17.5 Å². The molecule has 0 unspecified atom stereocenters. The van der Waals surface area contributed by atoms with E-state index in [1.165, 1.54) is 11.0 Å². The topological polar surface area (TPSA) is 61.3 Å². The summed E-state index contributed by atoms with van der Waals surface area (Å²) in [7, 11) is 1.58. The first-order valence-corrected chi connectivity index (χ1v) is 6.16. The van der Waals surface area contributed by atoms with Crippen LogP contribution in [0.25, 0.3) is 0 Å². The highest BCUT2D eigenvalue weighted by atomic mass is 19.4. The molecular formula is C12H19F3N4O. The maximum atomic E-state index is 12.8. The minimum atomic E-state index is -4.62. The quantitative estimate of drug-likeness (QED) is 0.870. The number of nitrogens with one attached hydrogen (secondary N) is 1. The summed E-state index contributed by atoms with van der Waals surface area (Å²) in [4.78, 5) is 8.48. The molecular weight excluding hydrogens is 273 g/mol. The highest BCUT2D eigenvalue weighted by Crippen LogP contribution is 2.30. The molecule has 0 bridgehead atoms. The van der Waals surface area contributed by atoms with E-state index >= 15 is 0 Å². The fraction of sp³-hybridized carbons (Fsp3) is 0.667. The van der Waals surface area contributed by atoms with E-state index in [-0.39, 0.29) is 18.2 Å². The Labute approximate surface area is 115 Å². The first-order chi connectivity index (χ1) is 9.11. The van der Waals surface area contributed by atoms with Crippen molar-refractivity contribution in [2.45, 2.75) is 32.5 Å². The number of halogens is 3. The maximum absolute atomic E-state index is 12.8. The molecule has 2 N–H and O–H groups in total. The number of aliphatic hydroxyl groups excluding tert-OH is 1. The Hall–Kier alpha value is -1.57. The second kappa shape index (κ2) is 5.82. The normalized spacial score (nSPS) is 12.4. The molecule has 0 aliphatic rings. The average Bonchev–Trinajstić information content (AvgIpc) is 2.36. The lowest BCUT2D eigenvalue weighted by Crippen LogP contribution is -2.45. The van der Waals surface area contributed by atoms with Crippen LogP contribution >= 0.6 is 0 Å². The van der Waals surface area contributed by atoms with Gasteiger partial charge >= 0.3 is 6.18 Å². The second-order valence-corrected chi connectivity index (χ2v) is 4.99. The van der Waals surface area contributed by atoms with E-state index in [2.05, 4.69) is 15.3 Å². The Bertz CT molecular complexity index is 463. The standard InChI is InChI=1S/C12H19F3N4O/c1-5-16-8-6-9(19(4)11(2,3)7-20)18-10(17-8)12(13,14)15/h6,20H,5,7H2,1-4H3,(H,16,17,18). The molecule has 0 spiro atoms. The molecule has 1 heterocycles. The summed E-state index contributed by atoms with van der Waals surface area (Å²) in [5.74, 6) is -1.00. The van der Waals surface area contributed by atoms with Gasteiger partial charge in [-0.15, -0.1) is 0 Å². The van der Waals surface area contributed by atoms with Gasteiger partial charge in [-0.3, -0.25) is 0 Å². The summed E-state index contributed by atoms with van der Waals surface area (Å²) < 4.78 is 38.4. The number of nitrogens with zero attached hydrogens (tertiary/aromatic N) is 3. The second-order valence-electron chi connectivity index (χ2n) is 4.99. The zero-order valence-electron chi connectivity index (χ0n) is 11.9. The molecule has 0 radical (unpaired) electrons. The van der Waals surface area contributed by atoms with Crippen LogP contribution in [0.4, 0.5) is 24.8 Å². The molecule has 0 saturated heterocycles. The van der Waals surface area contributed by atoms with Gasteiger partial charge in [0.1, 0.15) is 11.6 Å². The van der Waals surface area contributed by atoms with Gasteiger partial charge in [0.2, 0.25) is 5.82 Å². The van der Waals surface area contributed by atoms with Crippen molar-refractivity contribution in [3.8, 4) is 0 Å². The van der Waals surface area contributed by atoms with E-state index in [9.17, 15) is 18.3 Å². The predicted octanol–water partition coefficient (Wildman–Crippen LogP) is 2.13. The summed E-state index contributed by atoms with van der Waals surface area (Å²) >= 11 is 0. The molecule has 0 saturated carbocycles. The number of aromatic nitrogens is 2. The zero-order valence-corrected chi connectivity index (χ0v) is 11.9. The van der Waals surface area contributed by atoms with Gasteiger partial charge in [0.25, 0.3) is 0 Å². The average molecular weight is 292 g/mol. The lowest BCUT2D eigenvalue weighted by Gasteiger charge is -2.35. The van der Waals surface area contributed by atoms with Crippen molar-refractivity contribution < 1.29 is 18.3 Å². The van der Waals surface area contributed by atoms with Crippen molar-refractivity contribution in [3.63, 3.8) is 0 Å². The summed E-state index contributed by atoms with van der Waals surface area (Å²) in [6.07, 6.45) is -4.62. The lowest BCUT2D eigenvalue weighted by atomic mass is 10.1. The number of alkyl halides is 3. The highest BCUT2D eigenvalue weighted by molar-refractivity contribution is 5.50. The summed E-state index contributed by atoms with van der Waals surface area (Å²) in [5, 5.41) is 12.0. The SMILES string of the molecule is CCNc1cc(N(C)C(C)(C)CO)nc(C(F)(F)F)n1. The number of hydrogen-bond acceptors (Lipinski definition) is 5. The van der Waals surface area contributed by atoms with Gasteiger partial charge in [0.15, 0.2) is 0 Å². The van der Waals surface area contributed by atoms with Gasteiger partial charge in [0.05, 0.1) is 12.1 Å². The van der Waals surface area contributed by atoms with Crippen LogP contribution in [-0.2, 0) is 6.18 Å². The van der Waals surface area contributed by atoms with E-state index in [0.29, 0.717) is 6.54 Å². The van der Waals surface area contributed by atoms with Crippen LogP contribution < -0.4 is 10.2 Å². The molecule has 0 aliphatic heterocycles. The molecule has 0 fully saturated rings. The van der Waals surface area contributed by atoms with Gasteiger partial charge in [-0.25, -0.2) is 9.97 Å². The van der Waals surface area contributed by atoms with E-state index in [0.717, 1.165) is 0 Å². The Morgan fingerprint density at radius 1 is 1.30 bits per heavy atom. The first kappa shape index (κ1) is 16.5. The van der Waals surface area contributed by atoms with Gasteiger partial charge in [-0.1, -0.05) is 0 Å². The number of likely N-dealkylation sites (N-methyl/N-ethyl adjacent to an activating group) is 1. The minimum absolute atomic E-state index is 0.0994. The van der Waals surface area contributed by atoms with Crippen LogP contribution in [0.1, 0.15) is 26.6 Å². The lowest BCUT2D eigenvalue weighted by molar-refractivity contribution is -0.144. The predicted molar refractivity (Wildman–Crippen MR) is 70.8 cm³/mol. The molecule has 114 valence electrons. The molecule has 5 nitrogen and oxygen atoms in total. The number of hydrogen-bond donors (Lipinski definition) is 2. The van der Waals surface area contributed by atoms with Gasteiger partial charge in [-0.05, 0) is 20.8 Å². The van der Waals surface area contributed by atoms with Crippen molar-refractivity contribution in [1.82, 2.24) is 9.97 Å². The molecule has 0 aliphatic carbocycles. The van der Waals surface area contributed by atoms with Crippen LogP contribution in [0.3, 0.4) is 0 Å². The summed E-state index contributed by atoms with van der Waals surface area (Å²) in [6, 6.07) is 1.43. The molecule has 0 amide bonds. The molecule has 1 rings (SSSR count). The third-order valence-corrected chi connectivity index (χ3v) is 2.96. The smallest absolute Gasteiger partial charge is 0.394 e. The van der Waals surface area contributed by atoms with Gasteiger partial charge < -0.3 is 15.3 Å². The third-order valence-electron chi connectivity index (χ3n) is 2.96. The van der Waals surface area contributed by atoms with Gasteiger partial charge in [0, 0.05) is 19.7 Å². The van der Waals surface area contributed by atoms with E-state index in [4.69, 9.17) is 0 Å². The molecule has 8 heteroatoms. The monoisotopic (exact) mass is 292 g/mol. The first-order valence-electron chi connectivity index (χ1n) is 6.16. The Balaban J connectivity index is 3.28. The highest BCUT2D eigenvalue weighted by Gasteiger charge is 2.36. The molecule has 1 aromatic heterocycles. The fourth-order valence-corrected chi connectivity index (χ4v) is 1.42. The van der Waals surface area contributed by atoms with Crippen LogP contribution in [-0.4, -0.2) is 40.8 Å². The molecule has 0 aromatic carbocycles. The number of anilines is 2. The van der Waals surface area contributed by atoms with Crippen LogP contribution in [0.5, 0.6) is 0 Å². The fourth-order valence-electron chi connectivity index (χ4n) is 1.42. The van der Waals surface area contributed by atoms with Crippen LogP contribution in [0.2, 0.25) is 0 Å². The number of rotatable bonds is 5. The Morgan fingerprint density at radius 3 is 2.35 bits per heavy atom. The minimum Gasteiger partial charge on any atom is -0.394 e. The Kier molecular flexibility index (Phi) is 4.80. The number of aliphatic hydroxyl groups is 1. The van der Waals surface area contributed by atoms with Crippen molar-refractivity contribution in [3.05, 3.63) is 11.9 Å². The largest absolute Gasteiger partial charge is 0.451 e. The summed E-state index contributed by atoms with van der Waals surface area (Å²) in [6.45, 7) is 5.40. The van der Waals surface area contributed by atoms with Crippen molar-refractivity contribution >= 4 is 11.6 Å². The molecule has 1 aromatic rings. The Morgan fingerprint density at radius 2 is 1.90 bits per heavy atom. The third kappa shape index (κ3) is 3.72. The van der Waals surface area contributed by atoms with Crippen molar-refractivity contribution in [2.24, 2.45) is 0 Å².